The average molecular weight is 359 g/mol. The molecule has 1 amide bonds. The molecule has 2 aromatic heterocycles. The predicted octanol–water partition coefficient (Wildman–Crippen LogP) is 3.85. The van der Waals surface area contributed by atoms with Crippen molar-refractivity contribution in [3.05, 3.63) is 72.1 Å². The van der Waals surface area contributed by atoms with Crippen LogP contribution in [0.3, 0.4) is 0 Å². The van der Waals surface area contributed by atoms with E-state index in [1.165, 1.54) is 0 Å². The highest BCUT2D eigenvalue weighted by Gasteiger charge is 2.12. The van der Waals surface area contributed by atoms with E-state index in [4.69, 9.17) is 4.52 Å². The number of benzene rings is 2. The molecule has 0 fully saturated rings. The van der Waals surface area contributed by atoms with E-state index in [0.29, 0.717) is 22.8 Å². The molecule has 134 valence electrons. The molecule has 0 bridgehead atoms. The van der Waals surface area contributed by atoms with E-state index in [2.05, 4.69) is 26.0 Å². The van der Waals surface area contributed by atoms with E-state index >= 15 is 0 Å². The first-order valence-corrected chi connectivity index (χ1v) is 8.48. The fourth-order valence-corrected chi connectivity index (χ4v) is 2.67. The van der Waals surface area contributed by atoms with Crippen molar-refractivity contribution in [2.45, 2.75) is 13.3 Å². The molecule has 7 nitrogen and oxygen atoms in total. The van der Waals surface area contributed by atoms with Crippen LogP contribution in [0, 0.1) is 6.92 Å². The molecule has 2 N–H and O–H groups in total. The summed E-state index contributed by atoms with van der Waals surface area (Å²) in [6.07, 6.45) is 0.149. The van der Waals surface area contributed by atoms with Gasteiger partial charge in [0.2, 0.25) is 5.91 Å². The standard InChI is InChI=1S/C20H17N5O2/c1-13-6-11-19(24-23-13)21-14-7-9-15(10-8-14)22-20(26)12-17-16-4-2-3-5-18(16)27-25-17/h2-11H,12H2,1H3,(H,21,24)(H,22,26). The van der Waals surface area contributed by atoms with Crippen LogP contribution in [0.15, 0.2) is 65.2 Å². The summed E-state index contributed by atoms with van der Waals surface area (Å²) in [5.41, 5.74) is 3.72. The van der Waals surface area contributed by atoms with E-state index in [9.17, 15) is 4.79 Å². The average Bonchev–Trinajstić information content (AvgIpc) is 3.08. The van der Waals surface area contributed by atoms with Gasteiger partial charge in [0.15, 0.2) is 11.4 Å². The second-order valence-corrected chi connectivity index (χ2v) is 6.11. The molecule has 7 heteroatoms. The predicted molar refractivity (Wildman–Crippen MR) is 103 cm³/mol. The summed E-state index contributed by atoms with van der Waals surface area (Å²) < 4.78 is 5.23. The van der Waals surface area contributed by atoms with Crippen molar-refractivity contribution >= 4 is 34.1 Å². The molecule has 27 heavy (non-hydrogen) atoms. The monoisotopic (exact) mass is 359 g/mol. The largest absolute Gasteiger partial charge is 0.356 e. The number of hydrogen-bond donors (Lipinski definition) is 2. The van der Waals surface area contributed by atoms with E-state index in [-0.39, 0.29) is 12.3 Å². The van der Waals surface area contributed by atoms with E-state index in [0.717, 1.165) is 16.8 Å². The quantitative estimate of drug-likeness (QED) is 0.562. The minimum atomic E-state index is -0.154. The first kappa shape index (κ1) is 16.7. The molecule has 0 radical (unpaired) electrons. The van der Waals surface area contributed by atoms with Gasteiger partial charge >= 0.3 is 0 Å². The van der Waals surface area contributed by atoms with Crippen LogP contribution < -0.4 is 10.6 Å². The number of anilines is 3. The van der Waals surface area contributed by atoms with Crippen molar-refractivity contribution in [1.82, 2.24) is 15.4 Å². The molecule has 0 saturated carbocycles. The molecule has 0 saturated heterocycles. The maximum absolute atomic E-state index is 12.3. The lowest BCUT2D eigenvalue weighted by Crippen LogP contribution is -2.14. The minimum absolute atomic E-state index is 0.149. The molecule has 4 aromatic rings. The smallest absolute Gasteiger partial charge is 0.230 e. The van der Waals surface area contributed by atoms with Crippen LogP contribution in [0.1, 0.15) is 11.4 Å². The van der Waals surface area contributed by atoms with Crippen LogP contribution in [0.2, 0.25) is 0 Å². The number of fused-ring (bicyclic) bond motifs is 1. The highest BCUT2D eigenvalue weighted by atomic mass is 16.5. The van der Waals surface area contributed by atoms with Crippen molar-refractivity contribution in [3.63, 3.8) is 0 Å². The van der Waals surface area contributed by atoms with Gasteiger partial charge in [-0.05, 0) is 55.5 Å². The zero-order valence-electron chi connectivity index (χ0n) is 14.6. The normalized spacial score (nSPS) is 10.7. The molecule has 0 spiro atoms. The third-order valence-corrected chi connectivity index (χ3v) is 4.02. The molecule has 0 unspecified atom stereocenters. The number of carbonyl (C=O) groups excluding carboxylic acids is 1. The van der Waals surface area contributed by atoms with Gasteiger partial charge in [0.25, 0.3) is 0 Å². The lowest BCUT2D eigenvalue weighted by molar-refractivity contribution is -0.115. The number of carbonyl (C=O) groups is 1. The first-order valence-electron chi connectivity index (χ1n) is 8.48. The van der Waals surface area contributed by atoms with Gasteiger partial charge in [-0.2, -0.15) is 5.10 Å². The number of hydrogen-bond acceptors (Lipinski definition) is 6. The summed E-state index contributed by atoms with van der Waals surface area (Å²) in [4.78, 5) is 12.3. The zero-order valence-corrected chi connectivity index (χ0v) is 14.6. The number of amides is 1. The Morgan fingerprint density at radius 2 is 1.74 bits per heavy atom. The van der Waals surface area contributed by atoms with Gasteiger partial charge in [-0.15, -0.1) is 5.10 Å². The van der Waals surface area contributed by atoms with E-state index < -0.39 is 0 Å². The zero-order chi connectivity index (χ0) is 18.6. The van der Waals surface area contributed by atoms with Gasteiger partial charge in [-0.3, -0.25) is 4.79 Å². The number of nitrogens with one attached hydrogen (secondary N) is 2. The lowest BCUT2D eigenvalue weighted by atomic mass is 10.1. The Balaban J connectivity index is 1.39. The molecule has 2 heterocycles. The third kappa shape index (κ3) is 3.92. The van der Waals surface area contributed by atoms with Crippen LogP contribution in [0.4, 0.5) is 17.2 Å². The van der Waals surface area contributed by atoms with E-state index in [1.807, 2.05) is 67.6 Å². The van der Waals surface area contributed by atoms with Crippen molar-refractivity contribution in [2.75, 3.05) is 10.6 Å². The Labute approximate surface area is 155 Å². The Morgan fingerprint density at radius 3 is 2.52 bits per heavy atom. The van der Waals surface area contributed by atoms with E-state index in [1.54, 1.807) is 0 Å². The molecule has 0 atom stereocenters. The number of rotatable bonds is 5. The SMILES string of the molecule is Cc1ccc(Nc2ccc(NC(=O)Cc3noc4ccccc34)cc2)nn1. The molecule has 0 aliphatic rings. The second-order valence-electron chi connectivity index (χ2n) is 6.11. The van der Waals surface area contributed by atoms with Gasteiger partial charge in [0.05, 0.1) is 12.1 Å². The van der Waals surface area contributed by atoms with Crippen LogP contribution >= 0.6 is 0 Å². The van der Waals surface area contributed by atoms with Gasteiger partial charge in [-0.25, -0.2) is 0 Å². The van der Waals surface area contributed by atoms with Gasteiger partial charge in [0.1, 0.15) is 5.69 Å². The Bertz CT molecular complexity index is 1070. The topological polar surface area (TPSA) is 92.9 Å². The summed E-state index contributed by atoms with van der Waals surface area (Å²) in [5, 5.41) is 18.9. The molecule has 0 aliphatic carbocycles. The summed E-state index contributed by atoms with van der Waals surface area (Å²) >= 11 is 0. The van der Waals surface area contributed by atoms with Gasteiger partial charge in [-0.1, -0.05) is 17.3 Å². The van der Waals surface area contributed by atoms with Gasteiger partial charge in [0, 0.05) is 16.8 Å². The minimum Gasteiger partial charge on any atom is -0.356 e. The van der Waals surface area contributed by atoms with Crippen molar-refractivity contribution in [2.24, 2.45) is 0 Å². The maximum Gasteiger partial charge on any atom is 0.230 e. The molecule has 2 aromatic carbocycles. The van der Waals surface area contributed by atoms with Crippen LogP contribution in [0.5, 0.6) is 0 Å². The number of para-hydroxylation sites is 1. The highest BCUT2D eigenvalue weighted by Crippen LogP contribution is 2.20. The van der Waals surface area contributed by atoms with Crippen molar-refractivity contribution in [1.29, 1.82) is 0 Å². The molecular weight excluding hydrogens is 342 g/mol. The summed E-state index contributed by atoms with van der Waals surface area (Å²) in [5.74, 6) is 0.509. The Morgan fingerprint density at radius 1 is 0.963 bits per heavy atom. The number of nitrogens with zero attached hydrogens (tertiary/aromatic N) is 3. The van der Waals surface area contributed by atoms with Crippen molar-refractivity contribution < 1.29 is 9.32 Å². The molecule has 4 rings (SSSR count). The van der Waals surface area contributed by atoms with Crippen LogP contribution in [0.25, 0.3) is 11.0 Å². The summed E-state index contributed by atoms with van der Waals surface area (Å²) in [6, 6.07) is 18.6. The fraction of sp³-hybridized carbons (Fsp3) is 0.100. The number of aryl methyl sites for hydroxylation is 1. The molecular formula is C20H17N5O2. The lowest BCUT2D eigenvalue weighted by Gasteiger charge is -2.07. The first-order chi connectivity index (χ1) is 13.2. The summed E-state index contributed by atoms with van der Waals surface area (Å²) in [7, 11) is 0. The Kier molecular flexibility index (Phi) is 4.49. The van der Waals surface area contributed by atoms with Crippen molar-refractivity contribution in [3.8, 4) is 0 Å². The fourth-order valence-electron chi connectivity index (χ4n) is 2.67. The number of aromatic nitrogens is 3. The van der Waals surface area contributed by atoms with Gasteiger partial charge < -0.3 is 15.2 Å². The summed E-state index contributed by atoms with van der Waals surface area (Å²) in [6.45, 7) is 1.89. The second kappa shape index (κ2) is 7.25. The van der Waals surface area contributed by atoms with Crippen LogP contribution in [-0.2, 0) is 11.2 Å². The molecule has 0 aliphatic heterocycles. The third-order valence-electron chi connectivity index (χ3n) is 4.02. The maximum atomic E-state index is 12.3. The highest BCUT2D eigenvalue weighted by molar-refractivity contribution is 5.94. The Hall–Kier alpha value is -3.74. The van der Waals surface area contributed by atoms with Crippen LogP contribution in [-0.4, -0.2) is 21.3 Å².